The lowest BCUT2D eigenvalue weighted by molar-refractivity contribution is -0.168. The third-order valence-electron chi connectivity index (χ3n) is 10.9. The number of rotatable bonds is 4. The number of nitrogens with zero attached hydrogens (tertiary/aromatic N) is 3. The number of hydrogen-bond acceptors (Lipinski definition) is 4. The Morgan fingerprint density at radius 1 is 1.07 bits per heavy atom. The van der Waals surface area contributed by atoms with E-state index in [1.54, 1.807) is 0 Å². The van der Waals surface area contributed by atoms with Crippen LogP contribution in [0.25, 0.3) is 0 Å². The second-order valence-corrected chi connectivity index (χ2v) is 12.2. The summed E-state index contributed by atoms with van der Waals surface area (Å²) in [6.07, 6.45) is 12.5. The number of aliphatic hydroxyl groups is 1. The molecule has 0 unspecified atom stereocenters. The summed E-state index contributed by atoms with van der Waals surface area (Å²) >= 11 is 0. The molecule has 0 amide bonds. The molecule has 0 bridgehead atoms. The second-order valence-electron chi connectivity index (χ2n) is 12.2. The molecule has 2 N–H and O–H groups in total. The Morgan fingerprint density at radius 2 is 1.83 bits per heavy atom. The number of aromatic amines is 1. The predicted molar refractivity (Wildman–Crippen MR) is 117 cm³/mol. The second kappa shape index (κ2) is 7.56. The van der Waals surface area contributed by atoms with E-state index in [9.17, 15) is 5.11 Å². The van der Waals surface area contributed by atoms with Crippen LogP contribution < -0.4 is 0 Å². The molecule has 0 radical (unpaired) electrons. The molecule has 1 aromatic heterocycles. The molecule has 0 saturated heterocycles. The van der Waals surface area contributed by atoms with Gasteiger partial charge in [-0.1, -0.05) is 39.3 Å². The number of nitrogens with one attached hydrogen (secondary N) is 1. The van der Waals surface area contributed by atoms with Crippen molar-refractivity contribution in [2.45, 2.75) is 98.0 Å². The van der Waals surface area contributed by atoms with E-state index in [4.69, 9.17) is 0 Å². The number of H-pyrrole nitrogens is 1. The first kappa shape index (κ1) is 20.9. The maximum Gasteiger partial charge on any atom is 0.174 e. The van der Waals surface area contributed by atoms with Crippen molar-refractivity contribution >= 4 is 0 Å². The molecule has 1 heterocycles. The van der Waals surface area contributed by atoms with Crippen molar-refractivity contribution in [2.24, 2.45) is 52.3 Å². The molecular weight excluding hydrogens is 372 g/mol. The lowest BCUT2D eigenvalue weighted by atomic mass is 9.43. The molecular formula is C25H42N4O. The van der Waals surface area contributed by atoms with Gasteiger partial charge in [0.15, 0.2) is 5.82 Å². The summed E-state index contributed by atoms with van der Waals surface area (Å²) in [5.41, 5.74) is 0.865. The van der Waals surface area contributed by atoms with Crippen molar-refractivity contribution in [1.29, 1.82) is 0 Å². The van der Waals surface area contributed by atoms with E-state index in [0.717, 1.165) is 48.8 Å². The lowest BCUT2D eigenvalue weighted by Crippen LogP contribution is -2.58. The van der Waals surface area contributed by atoms with E-state index >= 15 is 0 Å². The molecule has 4 aliphatic carbocycles. The third-order valence-corrected chi connectivity index (χ3v) is 10.9. The first-order chi connectivity index (χ1) is 14.3. The van der Waals surface area contributed by atoms with Gasteiger partial charge in [0.25, 0.3) is 0 Å². The van der Waals surface area contributed by atoms with Crippen molar-refractivity contribution in [3.05, 3.63) is 5.82 Å². The summed E-state index contributed by atoms with van der Waals surface area (Å²) in [5.74, 6) is 5.86. The van der Waals surface area contributed by atoms with E-state index in [1.165, 1.54) is 44.9 Å². The Morgan fingerprint density at radius 3 is 2.60 bits per heavy atom. The SMILES string of the molecule is C[C@@H]1CC[C@@]2(C)[C@@H](C1)C[C@H](O)[C@@H]1[C@@H]2CC[C@]2(C)[C@@H]([C@H](C)CCc3nn[nH]n3)CC[C@@H]12. The Labute approximate surface area is 182 Å². The summed E-state index contributed by atoms with van der Waals surface area (Å²) in [4.78, 5) is 0. The number of tetrazole rings is 1. The minimum Gasteiger partial charge on any atom is -0.393 e. The van der Waals surface area contributed by atoms with Crippen molar-refractivity contribution < 1.29 is 5.11 Å². The van der Waals surface area contributed by atoms with E-state index < -0.39 is 0 Å². The summed E-state index contributed by atoms with van der Waals surface area (Å²) < 4.78 is 0. The molecule has 5 rings (SSSR count). The Bertz CT molecular complexity index is 738. The molecule has 1 aromatic rings. The average molecular weight is 415 g/mol. The fourth-order valence-corrected chi connectivity index (χ4v) is 9.26. The van der Waals surface area contributed by atoms with Crippen LogP contribution in [0.1, 0.15) is 91.3 Å². The minimum atomic E-state index is -0.0728. The van der Waals surface area contributed by atoms with Crippen LogP contribution in [0.15, 0.2) is 0 Å². The fourth-order valence-electron chi connectivity index (χ4n) is 9.26. The monoisotopic (exact) mass is 414 g/mol. The molecule has 30 heavy (non-hydrogen) atoms. The van der Waals surface area contributed by atoms with Gasteiger partial charge in [0.1, 0.15) is 0 Å². The molecule has 0 spiro atoms. The summed E-state index contributed by atoms with van der Waals surface area (Å²) in [6.45, 7) is 10.1. The van der Waals surface area contributed by atoms with Crippen LogP contribution in [0, 0.1) is 52.3 Å². The standard InChI is InChI=1S/C25H42N4O/c1-15-9-11-24(3)17(13-15)14-21(30)23-19-7-6-18(25(19,4)12-10-20(23)24)16(2)5-8-22-26-28-29-27-22/h15-21,23,30H,5-14H2,1-4H3,(H,26,27,28,29)/t15-,16-,17+,18-,19+,20+,21+,23+,24+,25-/m1/s1. The normalized spacial score (nSPS) is 49.2. The summed E-state index contributed by atoms with van der Waals surface area (Å²) in [6, 6.07) is 0. The predicted octanol–water partition coefficient (Wildman–Crippen LogP) is 5.03. The van der Waals surface area contributed by atoms with Gasteiger partial charge < -0.3 is 5.11 Å². The van der Waals surface area contributed by atoms with Gasteiger partial charge in [0.05, 0.1) is 6.10 Å². The van der Waals surface area contributed by atoms with Crippen molar-refractivity contribution in [3.63, 3.8) is 0 Å². The fraction of sp³-hybridized carbons (Fsp3) is 0.960. The van der Waals surface area contributed by atoms with Crippen molar-refractivity contribution in [2.75, 3.05) is 0 Å². The van der Waals surface area contributed by atoms with Crippen LogP contribution in [-0.2, 0) is 6.42 Å². The molecule has 168 valence electrons. The highest BCUT2D eigenvalue weighted by Gasteiger charge is 2.62. The van der Waals surface area contributed by atoms with Crippen LogP contribution in [-0.4, -0.2) is 31.8 Å². The molecule has 10 atom stereocenters. The minimum absolute atomic E-state index is 0.0728. The maximum absolute atomic E-state index is 11.4. The van der Waals surface area contributed by atoms with E-state index in [-0.39, 0.29) is 6.10 Å². The van der Waals surface area contributed by atoms with Gasteiger partial charge in [-0.05, 0) is 104 Å². The van der Waals surface area contributed by atoms with Crippen LogP contribution in [0.2, 0.25) is 0 Å². The summed E-state index contributed by atoms with van der Waals surface area (Å²) in [5, 5.41) is 26.0. The van der Waals surface area contributed by atoms with E-state index in [1.807, 2.05) is 0 Å². The third kappa shape index (κ3) is 3.17. The summed E-state index contributed by atoms with van der Waals surface area (Å²) in [7, 11) is 0. The quantitative estimate of drug-likeness (QED) is 0.724. The number of fused-ring (bicyclic) bond motifs is 5. The van der Waals surface area contributed by atoms with E-state index in [0.29, 0.717) is 28.6 Å². The van der Waals surface area contributed by atoms with Crippen molar-refractivity contribution in [1.82, 2.24) is 20.6 Å². The Hall–Kier alpha value is -0.970. The number of hydrogen-bond donors (Lipinski definition) is 2. The average Bonchev–Trinajstić information content (AvgIpc) is 3.35. The molecule has 5 nitrogen and oxygen atoms in total. The maximum atomic E-state index is 11.4. The number of aliphatic hydroxyl groups excluding tert-OH is 1. The van der Waals surface area contributed by atoms with Crippen LogP contribution in [0.5, 0.6) is 0 Å². The van der Waals surface area contributed by atoms with E-state index in [2.05, 4.69) is 48.3 Å². The van der Waals surface area contributed by atoms with Gasteiger partial charge in [0.2, 0.25) is 0 Å². The van der Waals surface area contributed by atoms with Crippen LogP contribution in [0.3, 0.4) is 0 Å². The lowest BCUT2D eigenvalue weighted by Gasteiger charge is -2.62. The Balaban J connectivity index is 1.34. The highest BCUT2D eigenvalue weighted by Crippen LogP contribution is 2.68. The zero-order valence-corrected chi connectivity index (χ0v) is 19.5. The number of aromatic nitrogens is 4. The zero-order valence-electron chi connectivity index (χ0n) is 19.5. The van der Waals surface area contributed by atoms with Gasteiger partial charge in [-0.2, -0.15) is 5.21 Å². The smallest absolute Gasteiger partial charge is 0.174 e. The van der Waals surface area contributed by atoms with Gasteiger partial charge in [0, 0.05) is 6.42 Å². The molecule has 4 fully saturated rings. The first-order valence-corrected chi connectivity index (χ1v) is 12.7. The topological polar surface area (TPSA) is 74.7 Å². The van der Waals surface area contributed by atoms with Gasteiger partial charge >= 0.3 is 0 Å². The molecule has 4 saturated carbocycles. The van der Waals surface area contributed by atoms with Crippen molar-refractivity contribution in [3.8, 4) is 0 Å². The highest BCUT2D eigenvalue weighted by molar-refractivity contribution is 5.11. The Kier molecular flexibility index (Phi) is 5.27. The molecule has 5 heteroatoms. The zero-order chi connectivity index (χ0) is 21.1. The van der Waals surface area contributed by atoms with Crippen LogP contribution >= 0.6 is 0 Å². The van der Waals surface area contributed by atoms with Gasteiger partial charge in [-0.15, -0.1) is 10.2 Å². The number of aryl methyl sites for hydroxylation is 1. The molecule has 0 aromatic carbocycles. The van der Waals surface area contributed by atoms with Gasteiger partial charge in [-0.3, -0.25) is 0 Å². The van der Waals surface area contributed by atoms with Crippen LogP contribution in [0.4, 0.5) is 0 Å². The molecule has 4 aliphatic rings. The molecule has 0 aliphatic heterocycles. The first-order valence-electron chi connectivity index (χ1n) is 12.7. The highest BCUT2D eigenvalue weighted by atomic mass is 16.3. The van der Waals surface area contributed by atoms with Gasteiger partial charge in [-0.25, -0.2) is 0 Å². The largest absolute Gasteiger partial charge is 0.393 e.